The van der Waals surface area contributed by atoms with Gasteiger partial charge in [-0.15, -0.1) is 0 Å². The molecule has 33 heavy (non-hydrogen) atoms. The van der Waals surface area contributed by atoms with Crippen LogP contribution in [0.5, 0.6) is 28.7 Å². The maximum absolute atomic E-state index is 10.2. The van der Waals surface area contributed by atoms with Crippen molar-refractivity contribution in [1.82, 2.24) is 0 Å². The fourth-order valence-corrected chi connectivity index (χ4v) is 4.63. The zero-order valence-corrected chi connectivity index (χ0v) is 18.1. The van der Waals surface area contributed by atoms with Gasteiger partial charge < -0.3 is 30.8 Å². The first-order valence-corrected chi connectivity index (χ1v) is 10.5. The van der Waals surface area contributed by atoms with E-state index in [-0.39, 0.29) is 11.0 Å². The van der Waals surface area contributed by atoms with Crippen molar-refractivity contribution in [3.63, 3.8) is 0 Å². The number of fused-ring (bicyclic) bond motifs is 3. The molecule has 0 bridgehead atoms. The third kappa shape index (κ3) is 3.03. The number of hydrogen-bond donors (Lipinski definition) is 6. The van der Waals surface area contributed by atoms with E-state index in [4.69, 9.17) is 0 Å². The Labute approximate surface area is 190 Å². The summed E-state index contributed by atoms with van der Waals surface area (Å²) in [4.78, 5) is 0. The first-order chi connectivity index (χ1) is 15.7. The number of hydrogen-bond acceptors (Lipinski definition) is 6. The number of nitrogens with one attached hydrogen (secondary N) is 1. The molecule has 0 saturated carbocycles. The molecular formula is C27H23NO5. The van der Waals surface area contributed by atoms with Gasteiger partial charge in [0.15, 0.2) is 11.5 Å². The Hall–Kier alpha value is -4.32. The highest BCUT2D eigenvalue weighted by molar-refractivity contribution is 5.86. The van der Waals surface area contributed by atoms with E-state index in [0.29, 0.717) is 5.56 Å². The predicted octanol–water partition coefficient (Wildman–Crippen LogP) is 5.93. The van der Waals surface area contributed by atoms with Gasteiger partial charge in [0.2, 0.25) is 17.2 Å². The minimum atomic E-state index is -0.978. The summed E-state index contributed by atoms with van der Waals surface area (Å²) in [7, 11) is 0. The van der Waals surface area contributed by atoms with Crippen LogP contribution in [-0.4, -0.2) is 25.5 Å². The summed E-state index contributed by atoms with van der Waals surface area (Å²) in [6.45, 7) is 4.44. The molecule has 6 heteroatoms. The second-order valence-electron chi connectivity index (χ2n) is 8.75. The molecule has 6 nitrogen and oxygen atoms in total. The minimum Gasteiger partial charge on any atom is -0.504 e. The van der Waals surface area contributed by atoms with E-state index in [0.717, 1.165) is 11.4 Å². The lowest BCUT2D eigenvalue weighted by molar-refractivity contribution is 0.330. The molecule has 1 aliphatic rings. The molecule has 0 saturated heterocycles. The van der Waals surface area contributed by atoms with E-state index >= 15 is 0 Å². The zero-order chi connectivity index (χ0) is 23.5. The first-order valence-electron chi connectivity index (χ1n) is 10.5. The van der Waals surface area contributed by atoms with Crippen molar-refractivity contribution in [1.29, 1.82) is 0 Å². The van der Waals surface area contributed by atoms with Crippen LogP contribution in [-0.2, 0) is 5.41 Å². The molecule has 0 aliphatic heterocycles. The lowest BCUT2D eigenvalue weighted by Gasteiger charge is -2.22. The van der Waals surface area contributed by atoms with Crippen molar-refractivity contribution in [3.05, 3.63) is 77.9 Å². The third-order valence-corrected chi connectivity index (χ3v) is 6.42. The molecule has 5 rings (SSSR count). The van der Waals surface area contributed by atoms with Gasteiger partial charge in [-0.2, -0.15) is 0 Å². The predicted molar refractivity (Wildman–Crippen MR) is 127 cm³/mol. The van der Waals surface area contributed by atoms with Gasteiger partial charge in [-0.3, -0.25) is 0 Å². The quantitative estimate of drug-likeness (QED) is 0.173. The fourth-order valence-electron chi connectivity index (χ4n) is 4.63. The summed E-state index contributed by atoms with van der Waals surface area (Å²) in [5.74, 6) is -4.21. The second-order valence-corrected chi connectivity index (χ2v) is 8.75. The van der Waals surface area contributed by atoms with Crippen LogP contribution in [0.25, 0.3) is 22.3 Å². The van der Waals surface area contributed by atoms with Crippen molar-refractivity contribution < 1.29 is 25.5 Å². The number of benzene rings is 4. The summed E-state index contributed by atoms with van der Waals surface area (Å²) in [6, 6.07) is 21.5. The van der Waals surface area contributed by atoms with Crippen LogP contribution in [0.4, 0.5) is 11.4 Å². The van der Waals surface area contributed by atoms with E-state index in [9.17, 15) is 25.5 Å². The Morgan fingerprint density at radius 3 is 1.79 bits per heavy atom. The summed E-state index contributed by atoms with van der Waals surface area (Å²) in [5, 5.41) is 52.9. The highest BCUT2D eigenvalue weighted by atomic mass is 16.4. The van der Waals surface area contributed by atoms with Crippen molar-refractivity contribution in [2.45, 2.75) is 19.3 Å². The summed E-state index contributed by atoms with van der Waals surface area (Å²) < 4.78 is 0. The SMILES string of the molecule is CC1(C)c2ccccc2-c2ccc(Nc3ccc(-c4c(O)c(O)c(O)c(O)c4O)cc3)cc21. The van der Waals surface area contributed by atoms with Crippen molar-refractivity contribution >= 4 is 11.4 Å². The number of anilines is 2. The van der Waals surface area contributed by atoms with Crippen LogP contribution in [0.3, 0.4) is 0 Å². The molecule has 4 aromatic carbocycles. The third-order valence-electron chi connectivity index (χ3n) is 6.42. The maximum Gasteiger partial charge on any atom is 0.208 e. The Morgan fingerprint density at radius 1 is 0.576 bits per heavy atom. The number of phenolic OH excluding ortho intramolecular Hbond substituents is 5. The summed E-state index contributed by atoms with van der Waals surface area (Å²) in [5.41, 5.74) is 6.81. The van der Waals surface area contributed by atoms with Crippen LogP contribution in [0.2, 0.25) is 0 Å². The fraction of sp³-hybridized carbons (Fsp3) is 0.111. The summed E-state index contributed by atoms with van der Waals surface area (Å²) in [6.07, 6.45) is 0. The molecule has 6 N–H and O–H groups in total. The highest BCUT2D eigenvalue weighted by Gasteiger charge is 2.35. The molecule has 1 aliphatic carbocycles. The average Bonchev–Trinajstić information content (AvgIpc) is 3.04. The number of rotatable bonds is 3. The van der Waals surface area contributed by atoms with Gasteiger partial charge in [-0.05, 0) is 52.1 Å². The average molecular weight is 441 g/mol. The molecule has 0 heterocycles. The second kappa shape index (κ2) is 7.10. The van der Waals surface area contributed by atoms with Gasteiger partial charge in [0.25, 0.3) is 0 Å². The molecule has 0 spiro atoms. The Morgan fingerprint density at radius 2 is 1.12 bits per heavy atom. The molecule has 0 amide bonds. The molecular weight excluding hydrogens is 418 g/mol. The van der Waals surface area contributed by atoms with Crippen molar-refractivity contribution in [2.24, 2.45) is 0 Å². The van der Waals surface area contributed by atoms with E-state index in [1.165, 1.54) is 22.3 Å². The van der Waals surface area contributed by atoms with Gasteiger partial charge in [0, 0.05) is 16.8 Å². The lowest BCUT2D eigenvalue weighted by Crippen LogP contribution is -2.15. The van der Waals surface area contributed by atoms with Crippen LogP contribution in [0.15, 0.2) is 66.7 Å². The van der Waals surface area contributed by atoms with E-state index in [2.05, 4.69) is 55.6 Å². The van der Waals surface area contributed by atoms with Crippen LogP contribution < -0.4 is 5.32 Å². The van der Waals surface area contributed by atoms with E-state index < -0.39 is 28.7 Å². The van der Waals surface area contributed by atoms with Crippen molar-refractivity contribution in [2.75, 3.05) is 5.32 Å². The molecule has 166 valence electrons. The van der Waals surface area contributed by atoms with Gasteiger partial charge in [-0.1, -0.05) is 56.3 Å². The van der Waals surface area contributed by atoms with Crippen LogP contribution in [0.1, 0.15) is 25.0 Å². The van der Waals surface area contributed by atoms with Gasteiger partial charge >= 0.3 is 0 Å². The van der Waals surface area contributed by atoms with Gasteiger partial charge in [0.1, 0.15) is 0 Å². The lowest BCUT2D eigenvalue weighted by atomic mass is 9.82. The largest absolute Gasteiger partial charge is 0.504 e. The topological polar surface area (TPSA) is 113 Å². The highest BCUT2D eigenvalue weighted by Crippen LogP contribution is 2.55. The summed E-state index contributed by atoms with van der Waals surface area (Å²) >= 11 is 0. The van der Waals surface area contributed by atoms with Crippen LogP contribution >= 0.6 is 0 Å². The molecule has 0 atom stereocenters. The monoisotopic (exact) mass is 441 g/mol. The molecule has 4 aromatic rings. The van der Waals surface area contributed by atoms with E-state index in [1.807, 2.05) is 6.07 Å². The van der Waals surface area contributed by atoms with Gasteiger partial charge in [0.05, 0.1) is 5.56 Å². The molecule has 0 radical (unpaired) electrons. The first kappa shape index (κ1) is 20.6. The smallest absolute Gasteiger partial charge is 0.208 e. The Balaban J connectivity index is 1.46. The van der Waals surface area contributed by atoms with Crippen molar-refractivity contribution in [3.8, 4) is 51.0 Å². The normalized spacial score (nSPS) is 13.4. The number of phenols is 5. The zero-order valence-electron chi connectivity index (χ0n) is 18.1. The van der Waals surface area contributed by atoms with E-state index in [1.54, 1.807) is 24.3 Å². The molecule has 0 aromatic heterocycles. The molecule has 0 unspecified atom stereocenters. The minimum absolute atomic E-state index is 0.106. The number of aromatic hydroxyl groups is 5. The maximum atomic E-state index is 10.2. The Bertz CT molecular complexity index is 1380. The molecule has 0 fully saturated rings. The van der Waals surface area contributed by atoms with Gasteiger partial charge in [-0.25, -0.2) is 0 Å². The Kier molecular flexibility index (Phi) is 4.43. The standard InChI is InChI=1S/C27H23NO5/c1-27(2)19-6-4-3-5-17(19)18-12-11-16(13-20(18)27)28-15-9-7-14(8-10-15)21-22(29)24(31)26(33)25(32)23(21)30/h3-13,28-33H,1-2H3. The van der Waals surface area contributed by atoms with Crippen LogP contribution in [0, 0.1) is 0 Å².